The fourth-order valence-electron chi connectivity index (χ4n) is 1.90. The van der Waals surface area contributed by atoms with Gasteiger partial charge in [-0.1, -0.05) is 6.92 Å². The zero-order valence-electron chi connectivity index (χ0n) is 5.26. The second kappa shape index (κ2) is 1.47. The van der Waals surface area contributed by atoms with Crippen LogP contribution < -0.4 is 0 Å². The SMILES string of the molecule is CC1C[C@@H]2C[C@H]1CO2. The minimum Gasteiger partial charge on any atom is -0.378 e. The van der Waals surface area contributed by atoms with E-state index in [-0.39, 0.29) is 0 Å². The van der Waals surface area contributed by atoms with Gasteiger partial charge in [0, 0.05) is 0 Å². The summed E-state index contributed by atoms with van der Waals surface area (Å²) in [6, 6.07) is 0. The highest BCUT2D eigenvalue weighted by Gasteiger charge is 2.37. The third-order valence-electron chi connectivity index (χ3n) is 2.55. The van der Waals surface area contributed by atoms with Crippen molar-refractivity contribution in [2.45, 2.75) is 25.9 Å². The summed E-state index contributed by atoms with van der Waals surface area (Å²) in [5.74, 6) is 1.87. The fraction of sp³-hybridized carbons (Fsp3) is 1.00. The monoisotopic (exact) mass is 112 g/mol. The highest BCUT2D eigenvalue weighted by Crippen LogP contribution is 2.39. The lowest BCUT2D eigenvalue weighted by Crippen LogP contribution is -2.14. The molecule has 1 unspecified atom stereocenters. The quantitative estimate of drug-likeness (QED) is 0.460. The molecule has 2 fully saturated rings. The summed E-state index contributed by atoms with van der Waals surface area (Å²) in [7, 11) is 0. The molecule has 0 aromatic rings. The number of hydrogen-bond acceptors (Lipinski definition) is 1. The van der Waals surface area contributed by atoms with Gasteiger partial charge in [0.2, 0.25) is 0 Å². The molecule has 8 heavy (non-hydrogen) atoms. The molecule has 1 aliphatic heterocycles. The minimum absolute atomic E-state index is 0.648. The molecular weight excluding hydrogens is 100 g/mol. The van der Waals surface area contributed by atoms with Gasteiger partial charge in [-0.3, -0.25) is 0 Å². The molecule has 2 rings (SSSR count). The van der Waals surface area contributed by atoms with Gasteiger partial charge in [-0.25, -0.2) is 0 Å². The summed E-state index contributed by atoms with van der Waals surface area (Å²) in [5, 5.41) is 0. The second-order valence-corrected chi connectivity index (χ2v) is 3.16. The van der Waals surface area contributed by atoms with Gasteiger partial charge in [0.05, 0.1) is 12.7 Å². The van der Waals surface area contributed by atoms with E-state index in [1.54, 1.807) is 0 Å². The Morgan fingerprint density at radius 2 is 2.25 bits per heavy atom. The van der Waals surface area contributed by atoms with Crippen LogP contribution in [0.4, 0.5) is 0 Å². The Hall–Kier alpha value is -0.0400. The van der Waals surface area contributed by atoms with Crippen LogP contribution in [0, 0.1) is 11.8 Å². The van der Waals surface area contributed by atoms with Crippen LogP contribution in [0.15, 0.2) is 0 Å². The van der Waals surface area contributed by atoms with Gasteiger partial charge in [-0.15, -0.1) is 0 Å². The predicted molar refractivity (Wildman–Crippen MR) is 31.6 cm³/mol. The fourth-order valence-corrected chi connectivity index (χ4v) is 1.90. The Kier molecular flexibility index (Phi) is 0.884. The summed E-state index contributed by atoms with van der Waals surface area (Å²) in [6.07, 6.45) is 3.32. The summed E-state index contributed by atoms with van der Waals surface area (Å²) >= 11 is 0. The lowest BCUT2D eigenvalue weighted by Gasteiger charge is -2.16. The van der Waals surface area contributed by atoms with Crippen LogP contribution in [-0.2, 0) is 4.74 Å². The number of hydrogen-bond donors (Lipinski definition) is 0. The molecule has 0 aromatic carbocycles. The Bertz CT molecular complexity index is 98.6. The maximum absolute atomic E-state index is 5.42. The molecule has 1 saturated carbocycles. The topological polar surface area (TPSA) is 9.23 Å². The second-order valence-electron chi connectivity index (χ2n) is 3.16. The first-order valence-corrected chi connectivity index (χ1v) is 3.48. The molecule has 1 heterocycles. The van der Waals surface area contributed by atoms with Gasteiger partial charge in [-0.05, 0) is 24.7 Å². The third-order valence-corrected chi connectivity index (χ3v) is 2.55. The van der Waals surface area contributed by atoms with E-state index in [1.807, 2.05) is 0 Å². The van der Waals surface area contributed by atoms with Crippen LogP contribution in [0.1, 0.15) is 19.8 Å². The van der Waals surface area contributed by atoms with Gasteiger partial charge in [-0.2, -0.15) is 0 Å². The Labute approximate surface area is 50.0 Å². The zero-order valence-corrected chi connectivity index (χ0v) is 5.26. The van der Waals surface area contributed by atoms with Crippen LogP contribution in [0.3, 0.4) is 0 Å². The van der Waals surface area contributed by atoms with Gasteiger partial charge < -0.3 is 4.74 Å². The summed E-state index contributed by atoms with van der Waals surface area (Å²) < 4.78 is 5.42. The largest absolute Gasteiger partial charge is 0.378 e. The average molecular weight is 112 g/mol. The molecule has 2 bridgehead atoms. The predicted octanol–water partition coefficient (Wildman–Crippen LogP) is 1.43. The van der Waals surface area contributed by atoms with E-state index in [1.165, 1.54) is 12.8 Å². The lowest BCUT2D eigenvalue weighted by molar-refractivity contribution is 0.0568. The van der Waals surface area contributed by atoms with E-state index in [2.05, 4.69) is 6.92 Å². The highest BCUT2D eigenvalue weighted by atomic mass is 16.5. The molecule has 0 amide bonds. The van der Waals surface area contributed by atoms with Crippen molar-refractivity contribution in [1.82, 2.24) is 0 Å². The van der Waals surface area contributed by atoms with E-state index in [9.17, 15) is 0 Å². The Morgan fingerprint density at radius 3 is 2.50 bits per heavy atom. The van der Waals surface area contributed by atoms with Crippen LogP contribution in [0.2, 0.25) is 0 Å². The van der Waals surface area contributed by atoms with Crippen molar-refractivity contribution < 1.29 is 4.74 Å². The van der Waals surface area contributed by atoms with Crippen molar-refractivity contribution >= 4 is 0 Å². The van der Waals surface area contributed by atoms with Gasteiger partial charge in [0.15, 0.2) is 0 Å². The minimum atomic E-state index is 0.648. The molecule has 0 aromatic heterocycles. The molecule has 0 radical (unpaired) electrons. The smallest absolute Gasteiger partial charge is 0.0581 e. The van der Waals surface area contributed by atoms with E-state index >= 15 is 0 Å². The molecule has 3 atom stereocenters. The standard InChI is InChI=1S/C7H12O/c1-5-2-7-3-6(5)4-8-7/h5-7H,2-4H2,1H3/t5?,6-,7+/m0/s1. The first-order valence-electron chi connectivity index (χ1n) is 3.48. The van der Waals surface area contributed by atoms with Gasteiger partial charge >= 0.3 is 0 Å². The van der Waals surface area contributed by atoms with E-state index < -0.39 is 0 Å². The summed E-state index contributed by atoms with van der Waals surface area (Å²) in [5.41, 5.74) is 0. The van der Waals surface area contributed by atoms with E-state index in [0.29, 0.717) is 6.10 Å². The van der Waals surface area contributed by atoms with Crippen LogP contribution >= 0.6 is 0 Å². The molecule has 0 spiro atoms. The maximum atomic E-state index is 5.42. The third kappa shape index (κ3) is 0.510. The van der Waals surface area contributed by atoms with Gasteiger partial charge in [0.25, 0.3) is 0 Å². The van der Waals surface area contributed by atoms with Crippen LogP contribution in [0.5, 0.6) is 0 Å². The first kappa shape index (κ1) is 4.80. The van der Waals surface area contributed by atoms with E-state index in [0.717, 1.165) is 18.4 Å². The number of rotatable bonds is 0. The molecule has 1 nitrogen and oxygen atoms in total. The summed E-state index contributed by atoms with van der Waals surface area (Å²) in [4.78, 5) is 0. The molecule has 2 aliphatic rings. The summed E-state index contributed by atoms with van der Waals surface area (Å²) in [6.45, 7) is 3.39. The van der Waals surface area contributed by atoms with Crippen molar-refractivity contribution in [2.75, 3.05) is 6.61 Å². The first-order chi connectivity index (χ1) is 3.86. The van der Waals surface area contributed by atoms with Crippen LogP contribution in [-0.4, -0.2) is 12.7 Å². The van der Waals surface area contributed by atoms with Crippen molar-refractivity contribution in [3.63, 3.8) is 0 Å². The van der Waals surface area contributed by atoms with E-state index in [4.69, 9.17) is 4.74 Å². The molecule has 1 saturated heterocycles. The maximum Gasteiger partial charge on any atom is 0.0581 e. The van der Waals surface area contributed by atoms with Gasteiger partial charge in [0.1, 0.15) is 0 Å². The zero-order chi connectivity index (χ0) is 5.56. The highest BCUT2D eigenvalue weighted by molar-refractivity contribution is 4.86. The lowest BCUT2D eigenvalue weighted by atomic mass is 9.99. The Balaban J connectivity index is 2.11. The molecule has 1 aliphatic carbocycles. The number of ether oxygens (including phenoxy) is 1. The Morgan fingerprint density at radius 1 is 1.38 bits per heavy atom. The van der Waals surface area contributed by atoms with Crippen molar-refractivity contribution in [2.24, 2.45) is 11.8 Å². The van der Waals surface area contributed by atoms with Crippen molar-refractivity contribution in [3.8, 4) is 0 Å². The molecule has 0 N–H and O–H groups in total. The van der Waals surface area contributed by atoms with Crippen molar-refractivity contribution in [3.05, 3.63) is 0 Å². The molecule has 46 valence electrons. The molecular formula is C7H12O. The molecule has 1 heteroatoms. The average Bonchev–Trinajstić information content (AvgIpc) is 2.23. The number of fused-ring (bicyclic) bond motifs is 2. The van der Waals surface area contributed by atoms with Crippen LogP contribution in [0.25, 0.3) is 0 Å². The van der Waals surface area contributed by atoms with Crippen molar-refractivity contribution in [1.29, 1.82) is 0 Å². The normalized spacial score (nSPS) is 52.9.